The summed E-state index contributed by atoms with van der Waals surface area (Å²) in [4.78, 5) is 21.9. The number of halogens is 1. The van der Waals surface area contributed by atoms with E-state index in [-0.39, 0.29) is 30.3 Å². The summed E-state index contributed by atoms with van der Waals surface area (Å²) in [5.74, 6) is -0.0767. The molecule has 2 aromatic rings. The van der Waals surface area contributed by atoms with E-state index in [1.807, 2.05) is 0 Å². The van der Waals surface area contributed by atoms with Gasteiger partial charge in [0.25, 0.3) is 5.56 Å². The Labute approximate surface area is 136 Å². The van der Waals surface area contributed by atoms with E-state index in [1.54, 1.807) is 6.92 Å². The standard InChI is InChI=1S/C12H19FN5O5P/c1-3-23-24(20,21-2)7-22-8(4-13)5-18-6-15-9-10(18)16-12(14)17-11(9)19/h6,8H,3-5,7H2,1-2H3,(H3,14,16,17,19). The highest BCUT2D eigenvalue weighted by Gasteiger charge is 2.25. The molecule has 24 heavy (non-hydrogen) atoms. The van der Waals surface area contributed by atoms with Crippen molar-refractivity contribution in [3.8, 4) is 0 Å². The van der Waals surface area contributed by atoms with Crippen LogP contribution in [-0.2, 0) is 24.9 Å². The number of fused-ring (bicyclic) bond motifs is 1. The fourth-order valence-corrected chi connectivity index (χ4v) is 3.08. The molecule has 3 N–H and O–H groups in total. The number of nitrogen functional groups attached to an aromatic ring is 1. The summed E-state index contributed by atoms with van der Waals surface area (Å²) in [6.07, 6.45) is -0.0143. The van der Waals surface area contributed by atoms with E-state index >= 15 is 0 Å². The van der Waals surface area contributed by atoms with Gasteiger partial charge in [-0.3, -0.25) is 14.3 Å². The number of nitrogens with zero attached hydrogens (tertiary/aromatic N) is 3. The van der Waals surface area contributed by atoms with Crippen molar-refractivity contribution in [1.82, 2.24) is 19.5 Å². The van der Waals surface area contributed by atoms with Gasteiger partial charge in [0.1, 0.15) is 19.1 Å². The monoisotopic (exact) mass is 363 g/mol. The Morgan fingerprint density at radius 2 is 2.29 bits per heavy atom. The second-order valence-electron chi connectivity index (χ2n) is 4.80. The first kappa shape index (κ1) is 18.5. The van der Waals surface area contributed by atoms with Gasteiger partial charge < -0.3 is 24.1 Å². The number of imidazole rings is 1. The van der Waals surface area contributed by atoms with Crippen LogP contribution in [0.15, 0.2) is 11.1 Å². The van der Waals surface area contributed by atoms with Crippen LogP contribution in [0.25, 0.3) is 11.2 Å². The number of alkyl halides is 1. The average Bonchev–Trinajstić information content (AvgIpc) is 2.94. The molecule has 134 valence electrons. The van der Waals surface area contributed by atoms with Crippen LogP contribution >= 0.6 is 7.60 Å². The maximum atomic E-state index is 13.2. The van der Waals surface area contributed by atoms with E-state index < -0.39 is 32.3 Å². The van der Waals surface area contributed by atoms with E-state index in [9.17, 15) is 13.8 Å². The molecule has 0 spiro atoms. The lowest BCUT2D eigenvalue weighted by atomic mass is 10.4. The van der Waals surface area contributed by atoms with Gasteiger partial charge in [-0.2, -0.15) is 4.98 Å². The molecule has 0 fully saturated rings. The Morgan fingerprint density at radius 1 is 1.54 bits per heavy atom. The van der Waals surface area contributed by atoms with Gasteiger partial charge in [-0.1, -0.05) is 0 Å². The van der Waals surface area contributed by atoms with Gasteiger partial charge in [-0.05, 0) is 6.92 Å². The van der Waals surface area contributed by atoms with Crippen molar-refractivity contribution in [3.63, 3.8) is 0 Å². The van der Waals surface area contributed by atoms with E-state index in [0.717, 1.165) is 0 Å². The number of rotatable bonds is 9. The predicted molar refractivity (Wildman–Crippen MR) is 84.5 cm³/mol. The minimum atomic E-state index is -3.43. The first-order valence-corrected chi connectivity index (χ1v) is 8.82. The van der Waals surface area contributed by atoms with E-state index in [2.05, 4.69) is 15.0 Å². The number of hydrogen-bond acceptors (Lipinski definition) is 8. The molecule has 0 amide bonds. The zero-order valence-corrected chi connectivity index (χ0v) is 14.2. The molecule has 12 heteroatoms. The zero-order valence-electron chi connectivity index (χ0n) is 13.3. The molecule has 2 rings (SSSR count). The quantitative estimate of drug-likeness (QED) is 0.627. The summed E-state index contributed by atoms with van der Waals surface area (Å²) < 4.78 is 41.9. The van der Waals surface area contributed by atoms with Gasteiger partial charge in [0, 0.05) is 7.11 Å². The first-order chi connectivity index (χ1) is 11.4. The van der Waals surface area contributed by atoms with Crippen LogP contribution in [0.1, 0.15) is 6.92 Å². The summed E-state index contributed by atoms with van der Waals surface area (Å²) in [7, 11) is -2.20. The normalized spacial score (nSPS) is 15.5. The van der Waals surface area contributed by atoms with Crippen molar-refractivity contribution in [2.45, 2.75) is 19.6 Å². The third-order valence-electron chi connectivity index (χ3n) is 3.14. The van der Waals surface area contributed by atoms with Crippen LogP contribution in [-0.4, -0.2) is 52.4 Å². The summed E-state index contributed by atoms with van der Waals surface area (Å²) in [6.45, 7) is 0.976. The van der Waals surface area contributed by atoms with Crippen LogP contribution < -0.4 is 11.3 Å². The number of hydrogen-bond donors (Lipinski definition) is 2. The molecule has 2 atom stereocenters. The minimum Gasteiger partial charge on any atom is -0.369 e. The zero-order chi connectivity index (χ0) is 17.7. The van der Waals surface area contributed by atoms with Crippen LogP contribution in [0, 0.1) is 0 Å². The van der Waals surface area contributed by atoms with Gasteiger partial charge in [0.05, 0.1) is 19.5 Å². The maximum Gasteiger partial charge on any atom is 0.355 e. The lowest BCUT2D eigenvalue weighted by molar-refractivity contribution is 0.0401. The molecule has 10 nitrogen and oxygen atoms in total. The van der Waals surface area contributed by atoms with Crippen molar-refractivity contribution in [3.05, 3.63) is 16.7 Å². The Hall–Kier alpha value is -1.81. The Kier molecular flexibility index (Phi) is 6.05. The van der Waals surface area contributed by atoms with Crippen molar-refractivity contribution in [2.24, 2.45) is 0 Å². The van der Waals surface area contributed by atoms with E-state index in [4.69, 9.17) is 19.5 Å². The predicted octanol–water partition coefficient (Wildman–Crippen LogP) is 0.890. The molecule has 0 aromatic carbocycles. The number of aromatic amines is 1. The van der Waals surface area contributed by atoms with Crippen molar-refractivity contribution in [2.75, 3.05) is 32.5 Å². The number of nitrogens with one attached hydrogen (secondary N) is 1. The largest absolute Gasteiger partial charge is 0.369 e. The Balaban J connectivity index is 2.13. The average molecular weight is 363 g/mol. The summed E-state index contributed by atoms with van der Waals surface area (Å²) in [5, 5.41) is 0. The van der Waals surface area contributed by atoms with Crippen LogP contribution in [0.4, 0.5) is 10.3 Å². The van der Waals surface area contributed by atoms with Gasteiger partial charge in [0.15, 0.2) is 11.2 Å². The molecule has 0 radical (unpaired) electrons. The third kappa shape index (κ3) is 4.18. The molecule has 2 heterocycles. The first-order valence-electron chi connectivity index (χ1n) is 7.10. The van der Waals surface area contributed by atoms with E-state index in [0.29, 0.717) is 0 Å². The topological polar surface area (TPSA) is 134 Å². The minimum absolute atomic E-state index is 0.00126. The molecule has 0 aliphatic rings. The van der Waals surface area contributed by atoms with Crippen molar-refractivity contribution in [1.29, 1.82) is 0 Å². The number of nitrogens with two attached hydrogens (primary N) is 1. The number of H-pyrrole nitrogens is 1. The fraction of sp³-hybridized carbons (Fsp3) is 0.583. The molecule has 2 unspecified atom stereocenters. The summed E-state index contributed by atoms with van der Waals surface area (Å²) in [5.41, 5.74) is 5.30. The highest BCUT2D eigenvalue weighted by atomic mass is 31.2. The molecular weight excluding hydrogens is 344 g/mol. The molecule has 0 bridgehead atoms. The second kappa shape index (κ2) is 7.84. The molecule has 0 saturated carbocycles. The fourth-order valence-electron chi connectivity index (χ4n) is 2.01. The summed E-state index contributed by atoms with van der Waals surface area (Å²) >= 11 is 0. The maximum absolute atomic E-state index is 13.2. The van der Waals surface area contributed by atoms with E-state index in [1.165, 1.54) is 18.0 Å². The van der Waals surface area contributed by atoms with Gasteiger partial charge >= 0.3 is 7.60 Å². The molecule has 0 aliphatic heterocycles. The van der Waals surface area contributed by atoms with Crippen molar-refractivity contribution >= 4 is 24.7 Å². The third-order valence-corrected chi connectivity index (χ3v) is 4.81. The number of anilines is 1. The lowest BCUT2D eigenvalue weighted by Crippen LogP contribution is -2.23. The SMILES string of the molecule is CCOP(=O)(COC(CF)Cn1cnc2c(=O)[nH]c(N)nc21)OC. The van der Waals surface area contributed by atoms with Gasteiger partial charge in [-0.15, -0.1) is 0 Å². The van der Waals surface area contributed by atoms with Crippen LogP contribution in [0.3, 0.4) is 0 Å². The molecule has 2 aromatic heterocycles. The number of aromatic nitrogens is 4. The Morgan fingerprint density at radius 3 is 2.92 bits per heavy atom. The van der Waals surface area contributed by atoms with Gasteiger partial charge in [0.2, 0.25) is 5.95 Å². The highest BCUT2D eigenvalue weighted by Crippen LogP contribution is 2.47. The number of ether oxygens (including phenoxy) is 1. The summed E-state index contributed by atoms with van der Waals surface area (Å²) in [6, 6.07) is 0. The van der Waals surface area contributed by atoms with Crippen LogP contribution in [0.5, 0.6) is 0 Å². The smallest absolute Gasteiger partial charge is 0.355 e. The molecular formula is C12H19FN5O5P. The lowest BCUT2D eigenvalue weighted by Gasteiger charge is -2.20. The highest BCUT2D eigenvalue weighted by molar-refractivity contribution is 7.53. The second-order valence-corrected chi connectivity index (χ2v) is 6.91. The molecule has 0 aliphatic carbocycles. The van der Waals surface area contributed by atoms with Crippen molar-refractivity contribution < 1.29 is 22.7 Å². The van der Waals surface area contributed by atoms with Crippen LogP contribution in [0.2, 0.25) is 0 Å². The van der Waals surface area contributed by atoms with Gasteiger partial charge in [-0.25, -0.2) is 9.37 Å². The Bertz CT molecular complexity index is 794. The molecule has 0 saturated heterocycles.